The first-order chi connectivity index (χ1) is 9.88. The van der Waals surface area contributed by atoms with E-state index in [1.807, 2.05) is 11.0 Å². The van der Waals surface area contributed by atoms with Crippen LogP contribution in [0.4, 0.5) is 5.69 Å². The van der Waals surface area contributed by atoms with Gasteiger partial charge in [0.1, 0.15) is 10.4 Å². The number of rotatable bonds is 4. The number of nitrogens with two attached hydrogens (primary N) is 1. The second kappa shape index (κ2) is 6.73. The Hall–Kier alpha value is -0.500. The minimum atomic E-state index is -3.20. The van der Waals surface area contributed by atoms with Crippen LogP contribution in [0.1, 0.15) is 12.5 Å². The molecule has 0 bridgehead atoms. The van der Waals surface area contributed by atoms with Crippen molar-refractivity contribution in [1.82, 2.24) is 0 Å². The van der Waals surface area contributed by atoms with Gasteiger partial charge in [-0.3, -0.25) is 0 Å². The summed E-state index contributed by atoms with van der Waals surface area (Å²) in [5.41, 5.74) is 7.03. The molecule has 0 amide bonds. The molecule has 1 atom stereocenters. The highest BCUT2D eigenvalue weighted by atomic mass is 35.5. The minimum absolute atomic E-state index is 0.109. The number of thiocarbonyl (C=S) groups is 1. The number of nitrogens with zero attached hydrogens (tertiary/aromatic N) is 1. The highest BCUT2D eigenvalue weighted by Crippen LogP contribution is 2.33. The Morgan fingerprint density at radius 1 is 1.57 bits per heavy atom. The summed E-state index contributed by atoms with van der Waals surface area (Å²) in [4.78, 5) is 2.05. The average Bonchev–Trinajstić information content (AvgIpc) is 2.46. The Bertz CT molecular complexity index is 649. The fraction of sp³-hybridized carbons (Fsp3) is 0.462. The standard InChI is InChI=1S/C13H17ClN2O2S3/c1-2-21(17,18)11-8-20-7-6-16(11)10-5-3-4-9(14)12(10)13(15)19/h3-5,11H,2,6-8H2,1H3,(H2,15,19). The van der Waals surface area contributed by atoms with E-state index in [9.17, 15) is 8.42 Å². The Balaban J connectivity index is 2.53. The van der Waals surface area contributed by atoms with E-state index in [-0.39, 0.29) is 10.7 Å². The number of sulfone groups is 1. The molecule has 0 saturated carbocycles. The van der Waals surface area contributed by atoms with Crippen molar-refractivity contribution in [3.8, 4) is 0 Å². The largest absolute Gasteiger partial charge is 0.389 e. The van der Waals surface area contributed by atoms with E-state index >= 15 is 0 Å². The van der Waals surface area contributed by atoms with Crippen LogP contribution in [0.25, 0.3) is 0 Å². The molecule has 1 unspecified atom stereocenters. The van der Waals surface area contributed by atoms with Gasteiger partial charge in [0.05, 0.1) is 10.6 Å². The molecule has 4 nitrogen and oxygen atoms in total. The molecule has 1 saturated heterocycles. The third kappa shape index (κ3) is 3.47. The van der Waals surface area contributed by atoms with Crippen LogP contribution >= 0.6 is 35.6 Å². The summed E-state index contributed by atoms with van der Waals surface area (Å²) in [6.07, 6.45) is 0. The van der Waals surface area contributed by atoms with Crippen molar-refractivity contribution in [3.05, 3.63) is 28.8 Å². The zero-order chi connectivity index (χ0) is 15.6. The molecule has 2 rings (SSSR count). The molecule has 0 spiro atoms. The number of benzene rings is 1. The van der Waals surface area contributed by atoms with E-state index in [0.29, 0.717) is 28.6 Å². The molecule has 1 aliphatic rings. The van der Waals surface area contributed by atoms with E-state index < -0.39 is 15.2 Å². The topological polar surface area (TPSA) is 63.4 Å². The van der Waals surface area contributed by atoms with Crippen LogP contribution in [0.3, 0.4) is 0 Å². The Kier molecular flexibility index (Phi) is 5.40. The first-order valence-corrected chi connectivity index (χ1v) is 10.2. The van der Waals surface area contributed by atoms with E-state index in [0.717, 1.165) is 5.75 Å². The molecular formula is C13H17ClN2O2S3. The summed E-state index contributed by atoms with van der Waals surface area (Å²) in [5, 5.41) is -0.112. The molecule has 0 radical (unpaired) electrons. The molecule has 21 heavy (non-hydrogen) atoms. The molecular weight excluding hydrogens is 348 g/mol. The average molecular weight is 365 g/mol. The summed E-state index contributed by atoms with van der Waals surface area (Å²) in [6.45, 7) is 2.30. The molecule has 116 valence electrons. The van der Waals surface area contributed by atoms with Gasteiger partial charge in [0.15, 0.2) is 9.84 Å². The van der Waals surface area contributed by atoms with E-state index in [1.165, 1.54) is 0 Å². The lowest BCUT2D eigenvalue weighted by Crippen LogP contribution is -2.48. The molecule has 1 aromatic carbocycles. The maximum absolute atomic E-state index is 12.4. The quantitative estimate of drug-likeness (QED) is 0.827. The van der Waals surface area contributed by atoms with Gasteiger partial charge in [-0.2, -0.15) is 11.8 Å². The normalized spacial score (nSPS) is 19.5. The van der Waals surface area contributed by atoms with Crippen LogP contribution in [-0.4, -0.2) is 42.6 Å². The summed E-state index contributed by atoms with van der Waals surface area (Å²) < 4.78 is 24.7. The zero-order valence-electron chi connectivity index (χ0n) is 11.6. The Labute approximate surface area is 139 Å². The van der Waals surface area contributed by atoms with Crippen molar-refractivity contribution in [1.29, 1.82) is 0 Å². The van der Waals surface area contributed by atoms with E-state index in [2.05, 4.69) is 0 Å². The van der Waals surface area contributed by atoms with Crippen LogP contribution in [-0.2, 0) is 9.84 Å². The molecule has 1 heterocycles. The third-order valence-electron chi connectivity index (χ3n) is 3.45. The highest BCUT2D eigenvalue weighted by Gasteiger charge is 2.34. The van der Waals surface area contributed by atoms with E-state index in [1.54, 1.807) is 30.8 Å². The summed E-state index contributed by atoms with van der Waals surface area (Å²) >= 11 is 12.9. The van der Waals surface area contributed by atoms with Crippen molar-refractivity contribution in [2.24, 2.45) is 5.73 Å². The van der Waals surface area contributed by atoms with Crippen molar-refractivity contribution in [3.63, 3.8) is 0 Å². The molecule has 0 aromatic heterocycles. The Morgan fingerprint density at radius 2 is 2.29 bits per heavy atom. The number of hydrogen-bond donors (Lipinski definition) is 1. The SMILES string of the molecule is CCS(=O)(=O)C1CSCCN1c1cccc(Cl)c1C(N)=S. The fourth-order valence-electron chi connectivity index (χ4n) is 2.34. The van der Waals surface area contributed by atoms with Gasteiger partial charge in [0.2, 0.25) is 0 Å². The van der Waals surface area contributed by atoms with Crippen molar-refractivity contribution >= 4 is 56.1 Å². The molecule has 1 aliphatic heterocycles. The van der Waals surface area contributed by atoms with Crippen molar-refractivity contribution in [2.75, 3.05) is 28.7 Å². The number of halogens is 1. The lowest BCUT2D eigenvalue weighted by molar-refractivity contribution is 0.579. The summed E-state index contributed by atoms with van der Waals surface area (Å²) in [6, 6.07) is 5.33. The maximum atomic E-state index is 12.4. The molecule has 1 fully saturated rings. The van der Waals surface area contributed by atoms with E-state index in [4.69, 9.17) is 29.6 Å². The number of anilines is 1. The van der Waals surface area contributed by atoms with Gasteiger partial charge < -0.3 is 10.6 Å². The van der Waals surface area contributed by atoms with Gasteiger partial charge in [-0.25, -0.2) is 8.42 Å². The van der Waals surface area contributed by atoms with Crippen LogP contribution in [0.5, 0.6) is 0 Å². The monoisotopic (exact) mass is 364 g/mol. The summed E-state index contributed by atoms with van der Waals surface area (Å²) in [5.74, 6) is 1.51. The van der Waals surface area contributed by atoms with Gasteiger partial charge in [-0.05, 0) is 12.1 Å². The first-order valence-electron chi connectivity index (χ1n) is 6.52. The second-order valence-electron chi connectivity index (χ2n) is 4.67. The maximum Gasteiger partial charge on any atom is 0.171 e. The smallest absolute Gasteiger partial charge is 0.171 e. The van der Waals surface area contributed by atoms with Crippen LogP contribution in [0.15, 0.2) is 18.2 Å². The molecule has 1 aromatic rings. The van der Waals surface area contributed by atoms with Crippen molar-refractivity contribution < 1.29 is 8.42 Å². The third-order valence-corrected chi connectivity index (χ3v) is 7.26. The lowest BCUT2D eigenvalue weighted by atomic mass is 10.1. The number of thioether (sulfide) groups is 1. The predicted octanol–water partition coefficient (Wildman–Crippen LogP) is 2.29. The first kappa shape index (κ1) is 16.9. The predicted molar refractivity (Wildman–Crippen MR) is 95.3 cm³/mol. The van der Waals surface area contributed by atoms with Gasteiger partial charge >= 0.3 is 0 Å². The van der Waals surface area contributed by atoms with Crippen LogP contribution in [0.2, 0.25) is 5.02 Å². The Morgan fingerprint density at radius 3 is 2.90 bits per heavy atom. The lowest BCUT2D eigenvalue weighted by Gasteiger charge is -2.37. The van der Waals surface area contributed by atoms with Gasteiger partial charge in [0.25, 0.3) is 0 Å². The number of hydrogen-bond acceptors (Lipinski definition) is 5. The van der Waals surface area contributed by atoms with Crippen LogP contribution < -0.4 is 10.6 Å². The molecule has 0 aliphatic carbocycles. The zero-order valence-corrected chi connectivity index (χ0v) is 14.8. The minimum Gasteiger partial charge on any atom is -0.389 e. The second-order valence-corrected chi connectivity index (χ2v) is 9.12. The van der Waals surface area contributed by atoms with Crippen molar-refractivity contribution in [2.45, 2.75) is 12.3 Å². The summed E-state index contributed by atoms with van der Waals surface area (Å²) in [7, 11) is -3.20. The molecule has 2 N–H and O–H groups in total. The highest BCUT2D eigenvalue weighted by molar-refractivity contribution is 8.01. The van der Waals surface area contributed by atoms with Gasteiger partial charge in [0, 0.05) is 29.5 Å². The van der Waals surface area contributed by atoms with Crippen LogP contribution in [0, 0.1) is 0 Å². The fourth-order valence-corrected chi connectivity index (χ4v) is 5.87. The van der Waals surface area contributed by atoms with Gasteiger partial charge in [-0.15, -0.1) is 0 Å². The molecule has 8 heteroatoms. The van der Waals surface area contributed by atoms with Gasteiger partial charge in [-0.1, -0.05) is 36.8 Å².